The van der Waals surface area contributed by atoms with E-state index in [9.17, 15) is 0 Å². The van der Waals surface area contributed by atoms with Crippen molar-refractivity contribution in [2.24, 2.45) is 0 Å². The molecule has 0 aromatic carbocycles. The smallest absolute Gasteiger partial charge is 0.163 e. The van der Waals surface area contributed by atoms with Crippen LogP contribution in [0.3, 0.4) is 0 Å². The summed E-state index contributed by atoms with van der Waals surface area (Å²) in [6, 6.07) is 3.95. The minimum Gasteiger partial charge on any atom is -0.365 e. The molecule has 2 aromatic rings. The first-order valence-corrected chi connectivity index (χ1v) is 9.58. The first-order valence-electron chi connectivity index (χ1n) is 9.58. The summed E-state index contributed by atoms with van der Waals surface area (Å²) < 4.78 is 6.56. The quantitative estimate of drug-likeness (QED) is 0.815. The third kappa shape index (κ3) is 3.20. The zero-order chi connectivity index (χ0) is 18.4. The number of nitrogens with zero attached hydrogens (tertiary/aromatic N) is 4. The average molecular weight is 352 g/mol. The van der Waals surface area contributed by atoms with Crippen LogP contribution in [0, 0.1) is 13.8 Å². The molecule has 2 aliphatic rings. The molecule has 138 valence electrons. The van der Waals surface area contributed by atoms with Crippen LogP contribution >= 0.6 is 0 Å². The van der Waals surface area contributed by atoms with Crippen LogP contribution in [-0.4, -0.2) is 39.2 Å². The zero-order valence-corrected chi connectivity index (χ0v) is 16.2. The van der Waals surface area contributed by atoms with Gasteiger partial charge < -0.3 is 9.64 Å². The minimum atomic E-state index is -0.178. The molecule has 0 radical (unpaired) electrons. The van der Waals surface area contributed by atoms with Gasteiger partial charge in [0.1, 0.15) is 5.82 Å². The number of rotatable bonds is 2. The fourth-order valence-corrected chi connectivity index (χ4v) is 4.49. The van der Waals surface area contributed by atoms with Gasteiger partial charge in [0.25, 0.3) is 0 Å². The number of anilines is 1. The summed E-state index contributed by atoms with van der Waals surface area (Å²) in [6.07, 6.45) is 8.41. The van der Waals surface area contributed by atoms with Gasteiger partial charge >= 0.3 is 0 Å². The van der Waals surface area contributed by atoms with Gasteiger partial charge in [0, 0.05) is 42.3 Å². The Labute approximate surface area is 155 Å². The second kappa shape index (κ2) is 6.31. The Hall–Kier alpha value is -2.01. The van der Waals surface area contributed by atoms with Crippen molar-refractivity contribution in [3.63, 3.8) is 0 Å². The monoisotopic (exact) mass is 352 g/mol. The normalized spacial score (nSPS) is 21.3. The van der Waals surface area contributed by atoms with Gasteiger partial charge in [0.05, 0.1) is 11.2 Å². The van der Waals surface area contributed by atoms with Crippen LogP contribution in [0.5, 0.6) is 0 Å². The number of hydrogen-bond acceptors (Lipinski definition) is 5. The molecule has 1 saturated carbocycles. The maximum Gasteiger partial charge on any atom is 0.163 e. The van der Waals surface area contributed by atoms with E-state index in [-0.39, 0.29) is 11.2 Å². The largest absolute Gasteiger partial charge is 0.365 e. The van der Waals surface area contributed by atoms with E-state index in [0.29, 0.717) is 0 Å². The van der Waals surface area contributed by atoms with E-state index >= 15 is 0 Å². The van der Waals surface area contributed by atoms with Crippen molar-refractivity contribution in [3.05, 3.63) is 35.8 Å². The van der Waals surface area contributed by atoms with Crippen molar-refractivity contribution in [2.45, 2.75) is 64.6 Å². The maximum absolute atomic E-state index is 6.56. The summed E-state index contributed by atoms with van der Waals surface area (Å²) in [5.41, 5.74) is 2.94. The van der Waals surface area contributed by atoms with Crippen molar-refractivity contribution in [2.75, 3.05) is 18.0 Å². The standard InChI is InChI=1S/C21H28N4O/c1-15-16(2)23-18(17-8-7-11-22-12-17)24-19(15)25-13-20(3,4)26-21(14-25)9-5-6-10-21/h7-8,11-12H,5-6,9-10,13-14H2,1-4H3. The Kier molecular flexibility index (Phi) is 4.22. The molecule has 0 amide bonds. The fourth-order valence-electron chi connectivity index (χ4n) is 4.49. The lowest BCUT2D eigenvalue weighted by atomic mass is 9.94. The Morgan fingerprint density at radius 3 is 2.54 bits per heavy atom. The molecule has 0 unspecified atom stereocenters. The van der Waals surface area contributed by atoms with Gasteiger partial charge in [-0.15, -0.1) is 0 Å². The highest BCUT2D eigenvalue weighted by Crippen LogP contribution is 2.42. The van der Waals surface area contributed by atoms with E-state index in [0.717, 1.165) is 54.4 Å². The number of aryl methyl sites for hydroxylation is 1. The van der Waals surface area contributed by atoms with Crippen molar-refractivity contribution < 1.29 is 4.74 Å². The average Bonchev–Trinajstić information content (AvgIpc) is 3.03. The summed E-state index contributed by atoms with van der Waals surface area (Å²) in [5.74, 6) is 1.79. The Bertz CT molecular complexity index is 797. The molecular formula is C21H28N4O. The molecule has 1 aliphatic carbocycles. The predicted molar refractivity (Wildman–Crippen MR) is 103 cm³/mol. The Morgan fingerprint density at radius 1 is 1.08 bits per heavy atom. The molecule has 4 rings (SSSR count). The maximum atomic E-state index is 6.56. The van der Waals surface area contributed by atoms with Crippen molar-refractivity contribution in [1.29, 1.82) is 0 Å². The highest BCUT2D eigenvalue weighted by molar-refractivity contribution is 5.60. The molecular weight excluding hydrogens is 324 g/mol. The molecule has 2 aromatic heterocycles. The van der Waals surface area contributed by atoms with Crippen LogP contribution in [0.15, 0.2) is 24.5 Å². The molecule has 2 fully saturated rings. The third-order valence-corrected chi connectivity index (χ3v) is 5.64. The zero-order valence-electron chi connectivity index (χ0n) is 16.2. The molecule has 5 heteroatoms. The van der Waals surface area contributed by atoms with E-state index in [1.54, 1.807) is 6.20 Å². The van der Waals surface area contributed by atoms with Crippen LogP contribution in [0.1, 0.15) is 50.8 Å². The highest BCUT2D eigenvalue weighted by atomic mass is 16.5. The summed E-state index contributed by atoms with van der Waals surface area (Å²) in [6.45, 7) is 10.4. The lowest BCUT2D eigenvalue weighted by Gasteiger charge is -2.49. The van der Waals surface area contributed by atoms with E-state index in [2.05, 4.69) is 37.6 Å². The molecule has 0 atom stereocenters. The number of hydrogen-bond donors (Lipinski definition) is 0. The minimum absolute atomic E-state index is 0.0263. The van der Waals surface area contributed by atoms with Crippen LogP contribution in [0.25, 0.3) is 11.4 Å². The van der Waals surface area contributed by atoms with Gasteiger partial charge in [-0.3, -0.25) is 4.98 Å². The summed E-state index contributed by atoms with van der Waals surface area (Å²) in [5, 5.41) is 0. The highest BCUT2D eigenvalue weighted by Gasteiger charge is 2.46. The van der Waals surface area contributed by atoms with Crippen molar-refractivity contribution in [1.82, 2.24) is 15.0 Å². The van der Waals surface area contributed by atoms with Crippen LogP contribution in [-0.2, 0) is 4.74 Å². The summed E-state index contributed by atoms with van der Waals surface area (Å²) >= 11 is 0. The lowest BCUT2D eigenvalue weighted by molar-refractivity contribution is -0.148. The second-order valence-electron chi connectivity index (χ2n) is 8.43. The first-order chi connectivity index (χ1) is 12.4. The second-order valence-corrected chi connectivity index (χ2v) is 8.43. The molecule has 1 saturated heterocycles. The Balaban J connectivity index is 1.75. The van der Waals surface area contributed by atoms with Crippen LogP contribution in [0.2, 0.25) is 0 Å². The molecule has 26 heavy (non-hydrogen) atoms. The molecule has 1 aliphatic heterocycles. The van der Waals surface area contributed by atoms with E-state index in [1.165, 1.54) is 12.8 Å². The summed E-state index contributed by atoms with van der Waals surface area (Å²) in [7, 11) is 0. The fraction of sp³-hybridized carbons (Fsp3) is 0.571. The first kappa shape index (κ1) is 17.4. The van der Waals surface area contributed by atoms with E-state index in [4.69, 9.17) is 14.7 Å². The van der Waals surface area contributed by atoms with Crippen LogP contribution < -0.4 is 4.90 Å². The molecule has 0 N–H and O–H groups in total. The molecule has 0 bridgehead atoms. The van der Waals surface area contributed by atoms with Gasteiger partial charge in [-0.05, 0) is 52.7 Å². The van der Waals surface area contributed by atoms with E-state index in [1.807, 2.05) is 18.3 Å². The Morgan fingerprint density at radius 2 is 1.85 bits per heavy atom. The van der Waals surface area contributed by atoms with Crippen LogP contribution in [0.4, 0.5) is 5.82 Å². The number of ether oxygens (including phenoxy) is 1. The topological polar surface area (TPSA) is 51.1 Å². The molecule has 5 nitrogen and oxygen atoms in total. The predicted octanol–water partition coefficient (Wildman–Crippen LogP) is 4.08. The molecule has 3 heterocycles. The third-order valence-electron chi connectivity index (χ3n) is 5.64. The summed E-state index contributed by atoms with van der Waals surface area (Å²) in [4.78, 5) is 16.3. The number of aromatic nitrogens is 3. The number of morpholine rings is 1. The van der Waals surface area contributed by atoms with Crippen molar-refractivity contribution in [3.8, 4) is 11.4 Å². The lowest BCUT2D eigenvalue weighted by Crippen LogP contribution is -2.59. The van der Waals surface area contributed by atoms with E-state index < -0.39 is 0 Å². The number of pyridine rings is 1. The van der Waals surface area contributed by atoms with Gasteiger partial charge in [0.15, 0.2) is 5.82 Å². The SMILES string of the molecule is Cc1nc(-c2cccnc2)nc(N2CC(C)(C)OC3(CCCC3)C2)c1C. The van der Waals surface area contributed by atoms with Gasteiger partial charge in [-0.2, -0.15) is 0 Å². The van der Waals surface area contributed by atoms with Crippen molar-refractivity contribution >= 4 is 5.82 Å². The van der Waals surface area contributed by atoms with Gasteiger partial charge in [0.2, 0.25) is 0 Å². The van der Waals surface area contributed by atoms with Gasteiger partial charge in [-0.1, -0.05) is 12.8 Å². The van der Waals surface area contributed by atoms with Gasteiger partial charge in [-0.25, -0.2) is 9.97 Å². The molecule has 1 spiro atoms.